The third kappa shape index (κ3) is 5.30. The Labute approximate surface area is 124 Å². The summed E-state index contributed by atoms with van der Waals surface area (Å²) < 4.78 is 5.25. The molecule has 2 rings (SSSR count). The highest BCUT2D eigenvalue weighted by atomic mass is 16.6. The molecule has 0 bridgehead atoms. The van der Waals surface area contributed by atoms with Crippen LogP contribution in [0.5, 0.6) is 0 Å². The molecule has 1 aliphatic rings. The Bertz CT molecular complexity index is 442. The first-order chi connectivity index (χ1) is 9.94. The van der Waals surface area contributed by atoms with E-state index in [1.807, 2.05) is 20.8 Å². The van der Waals surface area contributed by atoms with Gasteiger partial charge in [0.2, 0.25) is 0 Å². The number of tetrazole rings is 1. The summed E-state index contributed by atoms with van der Waals surface area (Å²) >= 11 is 0. The fraction of sp³-hybridized carbons (Fsp3) is 0.846. The van der Waals surface area contributed by atoms with Crippen molar-refractivity contribution in [2.75, 3.05) is 6.54 Å². The Balaban J connectivity index is 1.73. The van der Waals surface area contributed by atoms with Gasteiger partial charge < -0.3 is 15.4 Å². The number of alkyl carbamates (subject to hydrolysis) is 1. The molecule has 2 atom stereocenters. The molecule has 1 amide bonds. The normalized spacial score (nSPS) is 22.2. The summed E-state index contributed by atoms with van der Waals surface area (Å²) in [5, 5.41) is 20.1. The number of H-pyrrole nitrogens is 1. The van der Waals surface area contributed by atoms with Crippen LogP contribution in [0, 0.1) is 5.92 Å². The molecule has 8 nitrogen and oxygen atoms in total. The second-order valence-electron chi connectivity index (χ2n) is 6.39. The van der Waals surface area contributed by atoms with Crippen molar-refractivity contribution >= 4 is 6.09 Å². The highest BCUT2D eigenvalue weighted by Gasteiger charge is 2.28. The van der Waals surface area contributed by atoms with Crippen LogP contribution in [0.15, 0.2) is 0 Å². The van der Waals surface area contributed by atoms with Gasteiger partial charge in [-0.15, -0.1) is 10.2 Å². The van der Waals surface area contributed by atoms with E-state index in [0.29, 0.717) is 30.9 Å². The fourth-order valence-corrected chi connectivity index (χ4v) is 2.56. The monoisotopic (exact) mass is 296 g/mol. The van der Waals surface area contributed by atoms with Crippen molar-refractivity contribution < 1.29 is 9.53 Å². The largest absolute Gasteiger partial charge is 0.444 e. The van der Waals surface area contributed by atoms with Gasteiger partial charge in [-0.1, -0.05) is 11.6 Å². The van der Waals surface area contributed by atoms with Gasteiger partial charge in [0.15, 0.2) is 5.82 Å². The van der Waals surface area contributed by atoms with Gasteiger partial charge in [-0.3, -0.25) is 0 Å². The maximum absolute atomic E-state index is 11.7. The van der Waals surface area contributed by atoms with Gasteiger partial charge in [0, 0.05) is 12.6 Å². The maximum Gasteiger partial charge on any atom is 0.407 e. The van der Waals surface area contributed by atoms with Crippen LogP contribution in [0.4, 0.5) is 4.79 Å². The van der Waals surface area contributed by atoms with Crippen molar-refractivity contribution in [3.63, 3.8) is 0 Å². The first kappa shape index (κ1) is 15.7. The predicted molar refractivity (Wildman–Crippen MR) is 76.4 cm³/mol. The second-order valence-corrected chi connectivity index (χ2v) is 6.39. The number of amides is 1. The van der Waals surface area contributed by atoms with Gasteiger partial charge in [-0.25, -0.2) is 4.79 Å². The third-order valence-electron chi connectivity index (χ3n) is 3.48. The summed E-state index contributed by atoms with van der Waals surface area (Å²) in [7, 11) is 0. The molecule has 0 radical (unpaired) electrons. The fourth-order valence-electron chi connectivity index (χ4n) is 2.56. The van der Waals surface area contributed by atoms with Crippen LogP contribution < -0.4 is 10.6 Å². The van der Waals surface area contributed by atoms with E-state index in [-0.39, 0.29) is 6.09 Å². The second kappa shape index (κ2) is 6.84. The number of aromatic amines is 1. The Morgan fingerprint density at radius 1 is 1.43 bits per heavy atom. The molecule has 118 valence electrons. The number of carbonyl (C=O) groups is 1. The average Bonchev–Trinajstić information content (AvgIpc) is 3.03. The van der Waals surface area contributed by atoms with Crippen LogP contribution in [-0.4, -0.2) is 44.9 Å². The summed E-state index contributed by atoms with van der Waals surface area (Å²) in [4.78, 5) is 11.7. The van der Waals surface area contributed by atoms with Gasteiger partial charge in [0.25, 0.3) is 0 Å². The highest BCUT2D eigenvalue weighted by molar-refractivity contribution is 5.67. The number of rotatable bonds is 5. The SMILES string of the molecule is CC(C)(C)OC(=O)NCC1CCCC1NCc1nn[nH]n1. The Morgan fingerprint density at radius 3 is 2.90 bits per heavy atom. The van der Waals surface area contributed by atoms with Crippen LogP contribution in [-0.2, 0) is 11.3 Å². The molecule has 21 heavy (non-hydrogen) atoms. The summed E-state index contributed by atoms with van der Waals surface area (Å²) in [5.74, 6) is 1.06. The molecule has 0 spiro atoms. The minimum atomic E-state index is -0.462. The molecule has 1 heterocycles. The zero-order valence-electron chi connectivity index (χ0n) is 12.8. The molecule has 0 saturated heterocycles. The number of hydrogen-bond donors (Lipinski definition) is 3. The van der Waals surface area contributed by atoms with Crippen molar-refractivity contribution in [2.24, 2.45) is 5.92 Å². The third-order valence-corrected chi connectivity index (χ3v) is 3.48. The minimum absolute atomic E-state index is 0.355. The molecule has 1 saturated carbocycles. The molecule has 2 unspecified atom stereocenters. The van der Waals surface area contributed by atoms with E-state index in [1.54, 1.807) is 0 Å². The number of nitrogens with zero attached hydrogens (tertiary/aromatic N) is 3. The lowest BCUT2D eigenvalue weighted by atomic mass is 10.0. The van der Waals surface area contributed by atoms with E-state index in [0.717, 1.165) is 19.3 Å². The molecule has 1 aromatic rings. The van der Waals surface area contributed by atoms with Crippen LogP contribution >= 0.6 is 0 Å². The molecule has 1 aliphatic carbocycles. The zero-order valence-corrected chi connectivity index (χ0v) is 12.8. The van der Waals surface area contributed by atoms with Crippen LogP contribution in [0.25, 0.3) is 0 Å². The molecule has 0 aromatic carbocycles. The van der Waals surface area contributed by atoms with E-state index in [9.17, 15) is 4.79 Å². The number of carbonyl (C=O) groups excluding carboxylic acids is 1. The van der Waals surface area contributed by atoms with Crippen LogP contribution in [0.3, 0.4) is 0 Å². The van der Waals surface area contributed by atoms with Gasteiger partial charge >= 0.3 is 6.09 Å². The smallest absolute Gasteiger partial charge is 0.407 e. The van der Waals surface area contributed by atoms with E-state index in [2.05, 4.69) is 31.3 Å². The van der Waals surface area contributed by atoms with Crippen molar-refractivity contribution in [2.45, 2.75) is 58.2 Å². The number of nitrogens with one attached hydrogen (secondary N) is 3. The molecule has 1 fully saturated rings. The predicted octanol–water partition coefficient (Wildman–Crippen LogP) is 0.983. The first-order valence-electron chi connectivity index (χ1n) is 7.36. The van der Waals surface area contributed by atoms with Gasteiger partial charge in [0.1, 0.15) is 5.60 Å². The van der Waals surface area contributed by atoms with Crippen molar-refractivity contribution in [3.8, 4) is 0 Å². The lowest BCUT2D eigenvalue weighted by molar-refractivity contribution is 0.0517. The Morgan fingerprint density at radius 2 is 2.24 bits per heavy atom. The molecular formula is C13H24N6O2. The van der Waals surface area contributed by atoms with E-state index < -0.39 is 5.60 Å². The lowest BCUT2D eigenvalue weighted by Gasteiger charge is -2.23. The summed E-state index contributed by atoms with van der Waals surface area (Å²) in [6.45, 7) is 6.79. The van der Waals surface area contributed by atoms with Gasteiger partial charge in [0.05, 0.1) is 6.54 Å². The quantitative estimate of drug-likeness (QED) is 0.748. The first-order valence-corrected chi connectivity index (χ1v) is 7.36. The summed E-state index contributed by atoms with van der Waals surface area (Å²) in [6.07, 6.45) is 2.99. The Kier molecular flexibility index (Phi) is 5.11. The van der Waals surface area contributed by atoms with E-state index >= 15 is 0 Å². The standard InChI is InChI=1S/C13H24N6O2/c1-13(2,3)21-12(20)15-7-9-5-4-6-10(9)14-8-11-16-18-19-17-11/h9-10,14H,4-8H2,1-3H3,(H,15,20)(H,16,17,18,19). The molecule has 3 N–H and O–H groups in total. The number of ether oxygens (including phenoxy) is 1. The van der Waals surface area contributed by atoms with Gasteiger partial charge in [-0.05, 0) is 39.5 Å². The number of aromatic nitrogens is 4. The summed E-state index contributed by atoms with van der Waals surface area (Å²) in [5.41, 5.74) is -0.462. The van der Waals surface area contributed by atoms with Crippen LogP contribution in [0.2, 0.25) is 0 Å². The summed E-state index contributed by atoms with van der Waals surface area (Å²) in [6, 6.07) is 0.360. The molecule has 0 aliphatic heterocycles. The molecule has 1 aromatic heterocycles. The topological polar surface area (TPSA) is 105 Å². The lowest BCUT2D eigenvalue weighted by Crippen LogP contribution is -2.40. The average molecular weight is 296 g/mol. The maximum atomic E-state index is 11.7. The van der Waals surface area contributed by atoms with Crippen molar-refractivity contribution in [1.29, 1.82) is 0 Å². The van der Waals surface area contributed by atoms with Crippen molar-refractivity contribution in [1.82, 2.24) is 31.3 Å². The van der Waals surface area contributed by atoms with Gasteiger partial charge in [-0.2, -0.15) is 5.21 Å². The zero-order chi connectivity index (χ0) is 15.3. The van der Waals surface area contributed by atoms with E-state index in [4.69, 9.17) is 4.74 Å². The minimum Gasteiger partial charge on any atom is -0.444 e. The molecule has 8 heteroatoms. The Hall–Kier alpha value is -1.70. The van der Waals surface area contributed by atoms with Crippen molar-refractivity contribution in [3.05, 3.63) is 5.82 Å². The van der Waals surface area contributed by atoms with Crippen LogP contribution in [0.1, 0.15) is 45.9 Å². The number of hydrogen-bond acceptors (Lipinski definition) is 6. The highest BCUT2D eigenvalue weighted by Crippen LogP contribution is 2.25. The van der Waals surface area contributed by atoms with E-state index in [1.165, 1.54) is 0 Å². The molecular weight excluding hydrogens is 272 g/mol.